The Morgan fingerprint density at radius 2 is 1.95 bits per heavy atom. The summed E-state index contributed by atoms with van der Waals surface area (Å²) in [6.07, 6.45) is 3.21. The Morgan fingerprint density at radius 1 is 1.21 bits per heavy atom. The predicted molar refractivity (Wildman–Crippen MR) is 75.4 cm³/mol. The first-order valence-corrected chi connectivity index (χ1v) is 8.54. The molecule has 19 heavy (non-hydrogen) atoms. The Labute approximate surface area is 114 Å². The van der Waals surface area contributed by atoms with Gasteiger partial charge in [-0.2, -0.15) is 4.31 Å². The van der Waals surface area contributed by atoms with E-state index in [1.165, 1.54) is 18.4 Å². The van der Waals surface area contributed by atoms with Crippen molar-refractivity contribution >= 4 is 10.0 Å². The highest BCUT2D eigenvalue weighted by Crippen LogP contribution is 2.21. The van der Waals surface area contributed by atoms with Crippen LogP contribution in [0.15, 0.2) is 24.3 Å². The number of hydrogen-bond acceptors (Lipinski definition) is 3. The lowest BCUT2D eigenvalue weighted by atomic mass is 10.0. The standard InChI is InChI=1S/C14H20N2O2S/c17-19(18,10-8-15-14-5-6-14)16-9-7-12-3-1-2-4-13(12)11-16/h1-4,14-15H,5-11H2. The van der Waals surface area contributed by atoms with Gasteiger partial charge in [0.05, 0.1) is 5.75 Å². The second-order valence-corrected chi connectivity index (χ2v) is 7.49. The van der Waals surface area contributed by atoms with Crippen LogP contribution in [0.1, 0.15) is 24.0 Å². The maximum atomic E-state index is 12.3. The normalized spacial score (nSPS) is 20.2. The van der Waals surface area contributed by atoms with Crippen molar-refractivity contribution in [2.75, 3.05) is 18.8 Å². The van der Waals surface area contributed by atoms with E-state index < -0.39 is 10.0 Å². The molecule has 0 amide bonds. The molecule has 104 valence electrons. The van der Waals surface area contributed by atoms with Crippen LogP contribution < -0.4 is 5.32 Å². The number of sulfonamides is 1. The summed E-state index contributed by atoms with van der Waals surface area (Å²) in [4.78, 5) is 0. The molecule has 0 bridgehead atoms. The van der Waals surface area contributed by atoms with E-state index in [2.05, 4.69) is 11.4 Å². The van der Waals surface area contributed by atoms with Gasteiger partial charge in [-0.1, -0.05) is 24.3 Å². The Kier molecular flexibility index (Phi) is 3.60. The molecule has 2 aliphatic rings. The summed E-state index contributed by atoms with van der Waals surface area (Å²) >= 11 is 0. The average Bonchev–Trinajstić information content (AvgIpc) is 3.22. The number of nitrogens with zero attached hydrogens (tertiary/aromatic N) is 1. The van der Waals surface area contributed by atoms with Crippen LogP contribution in [0.4, 0.5) is 0 Å². The molecule has 1 aliphatic carbocycles. The summed E-state index contributed by atoms with van der Waals surface area (Å²) in [7, 11) is -3.12. The molecular formula is C14H20N2O2S. The van der Waals surface area contributed by atoms with Crippen LogP contribution in [0, 0.1) is 0 Å². The molecule has 4 nitrogen and oxygen atoms in total. The number of hydrogen-bond donors (Lipinski definition) is 1. The molecule has 1 aromatic rings. The van der Waals surface area contributed by atoms with Crippen LogP contribution in [0.5, 0.6) is 0 Å². The number of nitrogens with one attached hydrogen (secondary N) is 1. The molecule has 0 atom stereocenters. The second-order valence-electron chi connectivity index (χ2n) is 5.40. The SMILES string of the molecule is O=S(=O)(CCNC1CC1)N1CCc2ccccc2C1. The van der Waals surface area contributed by atoms with Crippen LogP contribution in [-0.4, -0.2) is 37.6 Å². The summed E-state index contributed by atoms with van der Waals surface area (Å²) in [6.45, 7) is 1.72. The van der Waals surface area contributed by atoms with Gasteiger partial charge in [-0.15, -0.1) is 0 Å². The van der Waals surface area contributed by atoms with Crippen molar-refractivity contribution in [1.29, 1.82) is 0 Å². The largest absolute Gasteiger partial charge is 0.313 e. The van der Waals surface area contributed by atoms with Crippen molar-refractivity contribution in [2.24, 2.45) is 0 Å². The summed E-state index contributed by atoms with van der Waals surface area (Å²) in [5.74, 6) is 0.214. The number of fused-ring (bicyclic) bond motifs is 1. The van der Waals surface area contributed by atoms with Gasteiger partial charge in [-0.25, -0.2) is 8.42 Å². The maximum absolute atomic E-state index is 12.3. The van der Waals surface area contributed by atoms with Crippen molar-refractivity contribution in [2.45, 2.75) is 31.8 Å². The average molecular weight is 280 g/mol. The van der Waals surface area contributed by atoms with Gasteiger partial charge in [0.1, 0.15) is 0 Å². The number of benzene rings is 1. The summed E-state index contributed by atoms with van der Waals surface area (Å²) in [5, 5.41) is 3.27. The zero-order valence-corrected chi connectivity index (χ0v) is 11.8. The molecule has 0 unspecified atom stereocenters. The van der Waals surface area contributed by atoms with Crippen LogP contribution in [0.25, 0.3) is 0 Å². The van der Waals surface area contributed by atoms with Crippen LogP contribution in [0.3, 0.4) is 0 Å². The summed E-state index contributed by atoms with van der Waals surface area (Å²) in [5.41, 5.74) is 2.43. The minimum absolute atomic E-state index is 0.214. The smallest absolute Gasteiger partial charge is 0.215 e. The second kappa shape index (κ2) is 5.23. The van der Waals surface area contributed by atoms with Gasteiger partial charge in [-0.05, 0) is 30.4 Å². The van der Waals surface area contributed by atoms with Crippen molar-refractivity contribution in [3.05, 3.63) is 35.4 Å². The molecule has 1 N–H and O–H groups in total. The fourth-order valence-corrected chi connectivity index (χ4v) is 3.86. The number of rotatable bonds is 5. The molecule has 3 rings (SSSR count). The molecule has 5 heteroatoms. The van der Waals surface area contributed by atoms with Crippen molar-refractivity contribution in [1.82, 2.24) is 9.62 Å². The third-order valence-corrected chi connectivity index (χ3v) is 5.68. The molecular weight excluding hydrogens is 260 g/mol. The van der Waals surface area contributed by atoms with Gasteiger partial charge >= 0.3 is 0 Å². The van der Waals surface area contributed by atoms with E-state index >= 15 is 0 Å². The van der Waals surface area contributed by atoms with Crippen molar-refractivity contribution < 1.29 is 8.42 Å². The highest BCUT2D eigenvalue weighted by atomic mass is 32.2. The molecule has 0 saturated heterocycles. The quantitative estimate of drug-likeness (QED) is 0.879. The highest BCUT2D eigenvalue weighted by Gasteiger charge is 2.27. The minimum Gasteiger partial charge on any atom is -0.313 e. The lowest BCUT2D eigenvalue weighted by Gasteiger charge is -2.28. The van der Waals surface area contributed by atoms with Gasteiger partial charge in [0.2, 0.25) is 10.0 Å². The lowest BCUT2D eigenvalue weighted by Crippen LogP contribution is -2.39. The van der Waals surface area contributed by atoms with Crippen LogP contribution in [0.2, 0.25) is 0 Å². The lowest BCUT2D eigenvalue weighted by molar-refractivity contribution is 0.390. The fourth-order valence-electron chi connectivity index (χ4n) is 2.52. The zero-order chi connectivity index (χ0) is 13.3. The Hall–Kier alpha value is -0.910. The first-order valence-electron chi connectivity index (χ1n) is 6.93. The van der Waals surface area contributed by atoms with Crippen LogP contribution >= 0.6 is 0 Å². The Bertz CT molecular complexity index is 552. The van der Waals surface area contributed by atoms with E-state index in [4.69, 9.17) is 0 Å². The first-order chi connectivity index (χ1) is 9.15. The van der Waals surface area contributed by atoms with E-state index in [1.54, 1.807) is 4.31 Å². The maximum Gasteiger partial charge on any atom is 0.215 e. The fraction of sp³-hybridized carbons (Fsp3) is 0.571. The van der Waals surface area contributed by atoms with E-state index in [1.807, 2.05) is 18.2 Å². The van der Waals surface area contributed by atoms with Gasteiger partial charge in [-0.3, -0.25) is 0 Å². The molecule has 1 aromatic carbocycles. The third kappa shape index (κ3) is 3.16. The van der Waals surface area contributed by atoms with Crippen molar-refractivity contribution in [3.8, 4) is 0 Å². The molecule has 1 saturated carbocycles. The van der Waals surface area contributed by atoms with Crippen molar-refractivity contribution in [3.63, 3.8) is 0 Å². The van der Waals surface area contributed by atoms with E-state index in [0.29, 0.717) is 25.7 Å². The van der Waals surface area contributed by atoms with Gasteiger partial charge in [0, 0.05) is 25.7 Å². The summed E-state index contributed by atoms with van der Waals surface area (Å²) < 4.78 is 26.2. The minimum atomic E-state index is -3.12. The Balaban J connectivity index is 1.62. The topological polar surface area (TPSA) is 49.4 Å². The van der Waals surface area contributed by atoms with E-state index in [0.717, 1.165) is 12.0 Å². The molecule has 0 aromatic heterocycles. The third-order valence-electron chi connectivity index (χ3n) is 3.86. The molecule has 1 fully saturated rings. The molecule has 0 spiro atoms. The van der Waals surface area contributed by atoms with E-state index in [9.17, 15) is 8.42 Å². The molecule has 1 aliphatic heterocycles. The van der Waals surface area contributed by atoms with Gasteiger partial charge in [0.15, 0.2) is 0 Å². The summed E-state index contributed by atoms with van der Waals surface area (Å²) in [6, 6.07) is 8.68. The highest BCUT2D eigenvalue weighted by molar-refractivity contribution is 7.89. The molecule has 0 radical (unpaired) electrons. The van der Waals surface area contributed by atoms with Gasteiger partial charge < -0.3 is 5.32 Å². The van der Waals surface area contributed by atoms with Crippen LogP contribution in [-0.2, 0) is 23.0 Å². The van der Waals surface area contributed by atoms with E-state index in [-0.39, 0.29) is 5.75 Å². The molecule has 1 heterocycles. The monoisotopic (exact) mass is 280 g/mol. The van der Waals surface area contributed by atoms with Gasteiger partial charge in [0.25, 0.3) is 0 Å². The zero-order valence-electron chi connectivity index (χ0n) is 11.0. The predicted octanol–water partition coefficient (Wildman–Crippen LogP) is 1.13. The Morgan fingerprint density at radius 3 is 2.68 bits per heavy atom. The first kappa shape index (κ1) is 13.1.